The summed E-state index contributed by atoms with van der Waals surface area (Å²) >= 11 is 3.95. The van der Waals surface area contributed by atoms with E-state index in [9.17, 15) is 13.2 Å². The Morgan fingerprint density at radius 1 is 1.50 bits per heavy atom. The first-order valence-corrected chi connectivity index (χ1v) is 6.21. The number of aromatic nitrogens is 1. The van der Waals surface area contributed by atoms with E-state index in [1.165, 1.54) is 2.88 Å². The van der Waals surface area contributed by atoms with E-state index in [-0.39, 0.29) is 0 Å². The number of nitrogen functional groups attached to an aromatic ring is 1. The van der Waals surface area contributed by atoms with Crippen LogP contribution in [0.25, 0.3) is 10.2 Å². The molecule has 4 nitrogen and oxygen atoms in total. The molecule has 0 radical (unpaired) electrons. The quantitative estimate of drug-likeness (QED) is 0.678. The number of fused-ring (bicyclic) bond motifs is 1. The Morgan fingerprint density at radius 2 is 2.06 bits per heavy atom. The van der Waals surface area contributed by atoms with Crippen LogP contribution >= 0.6 is 33.9 Å². The predicted octanol–water partition coefficient (Wildman–Crippen LogP) is 3.12. The number of aliphatic carboxylic acids is 1. The first-order chi connectivity index (χ1) is 8.21. The lowest BCUT2D eigenvalue weighted by atomic mass is 10.4. The number of nitrogens with two attached hydrogens (primary N) is 1. The van der Waals surface area contributed by atoms with Gasteiger partial charge in [-0.2, -0.15) is 13.2 Å². The van der Waals surface area contributed by atoms with E-state index < -0.39 is 12.1 Å². The number of hydrogen-bond donors (Lipinski definition) is 2. The summed E-state index contributed by atoms with van der Waals surface area (Å²) in [4.78, 5) is 13.1. The third-order valence-electron chi connectivity index (χ3n) is 1.65. The zero-order valence-corrected chi connectivity index (χ0v) is 11.5. The van der Waals surface area contributed by atoms with E-state index in [0.29, 0.717) is 0 Å². The van der Waals surface area contributed by atoms with Gasteiger partial charge in [0.15, 0.2) is 0 Å². The van der Waals surface area contributed by atoms with Gasteiger partial charge in [0.05, 0.1) is 18.8 Å². The Hall–Kier alpha value is -1.10. The molecule has 18 heavy (non-hydrogen) atoms. The van der Waals surface area contributed by atoms with Crippen LogP contribution in [0.15, 0.2) is 18.3 Å². The molecule has 0 saturated heterocycles. The molecule has 0 bridgehead atoms. The van der Waals surface area contributed by atoms with Crippen molar-refractivity contribution in [2.45, 2.75) is 6.18 Å². The molecule has 0 fully saturated rings. The molecular formula is C9H6F3IN2O2S. The van der Waals surface area contributed by atoms with Gasteiger partial charge in [0.2, 0.25) is 0 Å². The Morgan fingerprint density at radius 3 is 2.50 bits per heavy atom. The number of halogens is 4. The zero-order chi connectivity index (χ0) is 13.9. The molecule has 3 N–H and O–H groups in total. The average molecular weight is 390 g/mol. The SMILES string of the molecule is Nc1ccnc2cc(I)sc12.O=C(O)C(F)(F)F. The summed E-state index contributed by atoms with van der Waals surface area (Å²) in [5.74, 6) is -2.76. The molecule has 0 unspecified atom stereocenters. The van der Waals surface area contributed by atoms with Crippen LogP contribution < -0.4 is 5.73 Å². The normalized spacial score (nSPS) is 10.9. The lowest BCUT2D eigenvalue weighted by Gasteiger charge is -1.93. The molecule has 0 aliphatic heterocycles. The summed E-state index contributed by atoms with van der Waals surface area (Å²) in [7, 11) is 0. The molecule has 98 valence electrons. The topological polar surface area (TPSA) is 76.2 Å². The molecule has 0 saturated carbocycles. The molecule has 0 spiro atoms. The van der Waals surface area contributed by atoms with Gasteiger partial charge in [-0.25, -0.2) is 4.79 Å². The zero-order valence-electron chi connectivity index (χ0n) is 8.53. The number of rotatable bonds is 0. The first-order valence-electron chi connectivity index (χ1n) is 4.31. The minimum Gasteiger partial charge on any atom is -0.475 e. The number of carboxylic acid groups (broad SMARTS) is 1. The van der Waals surface area contributed by atoms with Gasteiger partial charge >= 0.3 is 12.1 Å². The van der Waals surface area contributed by atoms with Gasteiger partial charge in [0, 0.05) is 6.20 Å². The summed E-state index contributed by atoms with van der Waals surface area (Å²) < 4.78 is 34.1. The van der Waals surface area contributed by atoms with Crippen LogP contribution in [0.4, 0.5) is 18.9 Å². The maximum atomic E-state index is 10.6. The molecule has 0 amide bonds. The predicted molar refractivity (Wildman–Crippen MR) is 70.4 cm³/mol. The number of carboxylic acids is 1. The number of hydrogen-bond acceptors (Lipinski definition) is 4. The lowest BCUT2D eigenvalue weighted by molar-refractivity contribution is -0.192. The molecule has 2 aromatic rings. The van der Waals surface area contributed by atoms with Crippen LogP contribution in [-0.2, 0) is 4.79 Å². The van der Waals surface area contributed by atoms with E-state index in [4.69, 9.17) is 15.6 Å². The number of alkyl halides is 3. The van der Waals surface area contributed by atoms with E-state index in [1.54, 1.807) is 17.5 Å². The molecule has 2 aromatic heterocycles. The largest absolute Gasteiger partial charge is 0.490 e. The fraction of sp³-hybridized carbons (Fsp3) is 0.111. The second-order valence-corrected chi connectivity index (χ2v) is 5.91. The van der Waals surface area contributed by atoms with Crippen LogP contribution in [0.5, 0.6) is 0 Å². The van der Waals surface area contributed by atoms with Crippen molar-refractivity contribution in [3.63, 3.8) is 0 Å². The van der Waals surface area contributed by atoms with Crippen LogP contribution in [0.1, 0.15) is 0 Å². The minimum atomic E-state index is -5.08. The van der Waals surface area contributed by atoms with Crippen molar-refractivity contribution in [3.8, 4) is 0 Å². The van der Waals surface area contributed by atoms with Crippen LogP contribution in [0.2, 0.25) is 0 Å². The fourth-order valence-corrected chi connectivity index (χ4v) is 2.65. The molecule has 0 atom stereocenters. The number of thiophene rings is 1. The van der Waals surface area contributed by atoms with Crippen molar-refractivity contribution < 1.29 is 23.1 Å². The van der Waals surface area contributed by atoms with Crippen LogP contribution in [-0.4, -0.2) is 22.2 Å². The number of nitrogens with zero attached hydrogens (tertiary/aromatic N) is 1. The van der Waals surface area contributed by atoms with Gasteiger partial charge in [-0.3, -0.25) is 4.98 Å². The Bertz CT molecular complexity index is 570. The third-order valence-corrected chi connectivity index (χ3v) is 3.59. The van der Waals surface area contributed by atoms with Gasteiger partial charge in [0.1, 0.15) is 0 Å². The Kier molecular flexibility index (Phi) is 4.73. The van der Waals surface area contributed by atoms with Gasteiger partial charge in [-0.05, 0) is 34.7 Å². The molecular weight excluding hydrogens is 384 g/mol. The van der Waals surface area contributed by atoms with E-state index in [1.807, 2.05) is 12.1 Å². The fourth-order valence-electron chi connectivity index (χ4n) is 0.929. The number of anilines is 1. The monoisotopic (exact) mass is 390 g/mol. The minimum absolute atomic E-state index is 0.822. The Balaban J connectivity index is 0.000000203. The lowest BCUT2D eigenvalue weighted by Crippen LogP contribution is -2.21. The van der Waals surface area contributed by atoms with Gasteiger partial charge < -0.3 is 10.8 Å². The molecule has 0 aliphatic rings. The second kappa shape index (κ2) is 5.69. The van der Waals surface area contributed by atoms with E-state index >= 15 is 0 Å². The van der Waals surface area contributed by atoms with Gasteiger partial charge in [-0.15, -0.1) is 11.3 Å². The summed E-state index contributed by atoms with van der Waals surface area (Å²) in [5.41, 5.74) is 7.56. The highest BCUT2D eigenvalue weighted by Gasteiger charge is 2.38. The molecule has 0 aliphatic carbocycles. The number of carbonyl (C=O) groups is 1. The van der Waals surface area contributed by atoms with Gasteiger partial charge in [0.25, 0.3) is 0 Å². The van der Waals surface area contributed by atoms with E-state index in [2.05, 4.69) is 27.6 Å². The summed E-state index contributed by atoms with van der Waals surface area (Å²) in [6, 6.07) is 3.87. The first kappa shape index (κ1) is 15.0. The maximum Gasteiger partial charge on any atom is 0.490 e. The van der Waals surface area contributed by atoms with Crippen molar-refractivity contribution in [1.29, 1.82) is 0 Å². The summed E-state index contributed by atoms with van der Waals surface area (Å²) in [6.45, 7) is 0. The van der Waals surface area contributed by atoms with Crippen LogP contribution in [0.3, 0.4) is 0 Å². The second-order valence-electron chi connectivity index (χ2n) is 2.97. The standard InChI is InChI=1S/C7H5IN2S.C2HF3O2/c8-6-3-5-7(11-6)4(9)1-2-10-5;3-2(4,5)1(6)7/h1-3H,(H2,9,10);(H,6,7). The number of pyridine rings is 1. The summed E-state index contributed by atoms with van der Waals surface area (Å²) in [6.07, 6.45) is -3.35. The molecule has 2 heterocycles. The third kappa shape index (κ3) is 3.98. The van der Waals surface area contributed by atoms with Crippen LogP contribution in [0, 0.1) is 2.88 Å². The highest BCUT2D eigenvalue weighted by Crippen LogP contribution is 2.29. The highest BCUT2D eigenvalue weighted by molar-refractivity contribution is 14.1. The highest BCUT2D eigenvalue weighted by atomic mass is 127. The molecule has 0 aromatic carbocycles. The van der Waals surface area contributed by atoms with Crippen molar-refractivity contribution in [1.82, 2.24) is 4.98 Å². The molecule has 9 heteroatoms. The Labute approximate surface area is 117 Å². The van der Waals surface area contributed by atoms with Crippen molar-refractivity contribution in [2.75, 3.05) is 5.73 Å². The van der Waals surface area contributed by atoms with Gasteiger partial charge in [-0.1, -0.05) is 0 Å². The molecule has 2 rings (SSSR count). The van der Waals surface area contributed by atoms with Crippen molar-refractivity contribution in [3.05, 3.63) is 21.2 Å². The maximum absolute atomic E-state index is 10.6. The van der Waals surface area contributed by atoms with E-state index in [0.717, 1.165) is 15.9 Å². The van der Waals surface area contributed by atoms with Crippen molar-refractivity contribution >= 4 is 55.8 Å². The smallest absolute Gasteiger partial charge is 0.475 e. The average Bonchev–Trinajstić information content (AvgIpc) is 2.59. The summed E-state index contributed by atoms with van der Waals surface area (Å²) in [5, 5.41) is 7.12. The van der Waals surface area contributed by atoms with Crippen molar-refractivity contribution in [2.24, 2.45) is 0 Å².